The van der Waals surface area contributed by atoms with Crippen LogP contribution in [0.5, 0.6) is 5.75 Å². The monoisotopic (exact) mass is 504 g/mol. The van der Waals surface area contributed by atoms with Crippen molar-refractivity contribution in [3.05, 3.63) is 56.9 Å². The van der Waals surface area contributed by atoms with Gasteiger partial charge in [0, 0.05) is 16.5 Å². The van der Waals surface area contributed by atoms with Crippen LogP contribution in [0, 0.1) is 0 Å². The van der Waals surface area contributed by atoms with E-state index in [1.165, 1.54) is 13.2 Å². The summed E-state index contributed by atoms with van der Waals surface area (Å²) in [6.45, 7) is 1.39. The van der Waals surface area contributed by atoms with Crippen LogP contribution in [0.15, 0.2) is 29.1 Å². The van der Waals surface area contributed by atoms with Crippen molar-refractivity contribution in [1.82, 2.24) is 9.55 Å². The molecular formula is C25H23F3N2O6. The van der Waals surface area contributed by atoms with Crippen molar-refractivity contribution in [3.63, 3.8) is 0 Å². The van der Waals surface area contributed by atoms with E-state index in [4.69, 9.17) is 19.2 Å². The number of carbonyl (C=O) groups is 1. The Labute approximate surface area is 203 Å². The molecule has 36 heavy (non-hydrogen) atoms. The maximum absolute atomic E-state index is 13.7. The molecular weight excluding hydrogens is 481 g/mol. The van der Waals surface area contributed by atoms with Gasteiger partial charge in [-0.1, -0.05) is 19.9 Å². The van der Waals surface area contributed by atoms with Gasteiger partial charge in [0.2, 0.25) is 0 Å². The summed E-state index contributed by atoms with van der Waals surface area (Å²) in [5.74, 6) is -0.411. The maximum atomic E-state index is 13.7. The number of ether oxygens (including phenoxy) is 3. The number of halogens is 3. The molecule has 1 N–H and O–H groups in total. The number of esters is 1. The van der Waals surface area contributed by atoms with Crippen LogP contribution in [0.25, 0.3) is 22.3 Å². The van der Waals surface area contributed by atoms with Crippen molar-refractivity contribution < 1.29 is 37.3 Å². The quantitative estimate of drug-likeness (QED) is 0.529. The van der Waals surface area contributed by atoms with E-state index in [0.29, 0.717) is 34.2 Å². The molecule has 4 heterocycles. The second kappa shape index (κ2) is 8.31. The Morgan fingerprint density at radius 1 is 1.28 bits per heavy atom. The lowest BCUT2D eigenvalue weighted by atomic mass is 9.86. The molecule has 2 aliphatic rings. The minimum atomic E-state index is -4.65. The third-order valence-electron chi connectivity index (χ3n) is 6.81. The minimum Gasteiger partial charge on any atom is -0.496 e. The van der Waals surface area contributed by atoms with Crippen LogP contribution in [0.2, 0.25) is 0 Å². The lowest BCUT2D eigenvalue weighted by Crippen LogP contribution is -2.44. The van der Waals surface area contributed by atoms with E-state index in [2.05, 4.69) is 0 Å². The van der Waals surface area contributed by atoms with E-state index in [1.54, 1.807) is 25.1 Å². The molecule has 1 aromatic carbocycles. The van der Waals surface area contributed by atoms with E-state index in [-0.39, 0.29) is 28.9 Å². The number of aryl methyl sites for hydroxylation is 1. The second-order valence-corrected chi connectivity index (χ2v) is 8.73. The number of carbonyl (C=O) groups excluding carboxylic acids is 1. The summed E-state index contributed by atoms with van der Waals surface area (Å²) in [6.07, 6.45) is -5.76. The standard InChI is InChI=1S/C25H23F3N2O6/c1-4-12-18-15(7-6-8-17(18)34-3)29-20-16-9-14-13(10-35-23(32)24(14,33)5-2)21(31)30(16)22(19(12)20)36-11-25(26,27)28/h6-9,22,33H,4-5,10-11H2,1-3H3/t22?,24-/m0/s1. The summed E-state index contributed by atoms with van der Waals surface area (Å²) in [5.41, 5.74) is -0.889. The fraction of sp³-hybridized carbons (Fsp3) is 0.400. The fourth-order valence-corrected chi connectivity index (χ4v) is 5.12. The Kier molecular flexibility index (Phi) is 5.60. The summed E-state index contributed by atoms with van der Waals surface area (Å²) >= 11 is 0. The lowest BCUT2D eigenvalue weighted by Gasteiger charge is -2.32. The van der Waals surface area contributed by atoms with Gasteiger partial charge < -0.3 is 19.3 Å². The largest absolute Gasteiger partial charge is 0.496 e. The summed E-state index contributed by atoms with van der Waals surface area (Å²) in [6, 6.07) is 6.63. The average Bonchev–Trinajstić information content (AvgIpc) is 3.16. The van der Waals surface area contributed by atoms with Gasteiger partial charge in [0.1, 0.15) is 19.0 Å². The number of fused-ring (bicyclic) bond motifs is 5. The first-order valence-corrected chi connectivity index (χ1v) is 11.4. The molecule has 0 amide bonds. The van der Waals surface area contributed by atoms with Crippen LogP contribution in [-0.4, -0.2) is 40.5 Å². The van der Waals surface area contributed by atoms with Gasteiger partial charge in [0.05, 0.1) is 29.6 Å². The third-order valence-corrected chi connectivity index (χ3v) is 6.81. The molecule has 3 aromatic rings. The highest BCUT2D eigenvalue weighted by molar-refractivity contribution is 5.93. The average molecular weight is 504 g/mol. The Bertz CT molecular complexity index is 1470. The number of benzene rings is 1. The predicted octanol–water partition coefficient (Wildman–Crippen LogP) is 3.73. The number of rotatable bonds is 5. The summed E-state index contributed by atoms with van der Waals surface area (Å²) in [4.78, 5) is 30.8. The molecule has 2 aromatic heterocycles. The van der Waals surface area contributed by atoms with Crippen LogP contribution >= 0.6 is 0 Å². The van der Waals surface area contributed by atoms with Gasteiger partial charge in [0.25, 0.3) is 5.56 Å². The molecule has 0 spiro atoms. The molecule has 0 bridgehead atoms. The molecule has 8 nitrogen and oxygen atoms in total. The molecule has 0 saturated carbocycles. The van der Waals surface area contributed by atoms with E-state index < -0.39 is 42.7 Å². The molecule has 5 rings (SSSR count). The van der Waals surface area contributed by atoms with Gasteiger partial charge in [-0.2, -0.15) is 13.2 Å². The van der Waals surface area contributed by atoms with Gasteiger partial charge in [-0.05, 0) is 36.6 Å². The van der Waals surface area contributed by atoms with Gasteiger partial charge in [-0.15, -0.1) is 0 Å². The summed E-state index contributed by atoms with van der Waals surface area (Å²) < 4.78 is 56.7. The van der Waals surface area contributed by atoms with Crippen molar-refractivity contribution in [1.29, 1.82) is 0 Å². The fourth-order valence-electron chi connectivity index (χ4n) is 5.12. The van der Waals surface area contributed by atoms with Crippen molar-refractivity contribution in [2.45, 2.75) is 51.3 Å². The Balaban J connectivity index is 1.87. The number of aromatic nitrogens is 2. The highest BCUT2D eigenvalue weighted by atomic mass is 19.4. The zero-order valence-corrected chi connectivity index (χ0v) is 19.7. The van der Waals surface area contributed by atoms with Gasteiger partial charge in [0.15, 0.2) is 11.8 Å². The first kappa shape index (κ1) is 24.3. The topological polar surface area (TPSA) is 99.9 Å². The van der Waals surface area contributed by atoms with Gasteiger partial charge in [-0.3, -0.25) is 9.36 Å². The van der Waals surface area contributed by atoms with E-state index in [9.17, 15) is 27.9 Å². The Morgan fingerprint density at radius 3 is 2.67 bits per heavy atom. The van der Waals surface area contributed by atoms with E-state index in [0.717, 1.165) is 4.57 Å². The maximum Gasteiger partial charge on any atom is 0.411 e. The highest BCUT2D eigenvalue weighted by Gasteiger charge is 2.47. The molecule has 0 radical (unpaired) electrons. The number of aliphatic hydroxyl groups is 1. The zero-order valence-electron chi connectivity index (χ0n) is 19.7. The molecule has 1 unspecified atom stereocenters. The van der Waals surface area contributed by atoms with Crippen LogP contribution < -0.4 is 10.3 Å². The highest BCUT2D eigenvalue weighted by Crippen LogP contribution is 2.46. The van der Waals surface area contributed by atoms with Crippen molar-refractivity contribution in [2.75, 3.05) is 13.7 Å². The third kappa shape index (κ3) is 3.40. The smallest absolute Gasteiger partial charge is 0.411 e. The first-order valence-electron chi connectivity index (χ1n) is 11.4. The zero-order chi connectivity index (χ0) is 26.0. The SMILES string of the molecule is CCc1c2c(nc3cccc(OC)c13)-c1cc3c(c(=O)n1C2OCC(F)(F)F)COC(=O)[C@]3(O)CC. The molecule has 0 aliphatic carbocycles. The molecule has 0 saturated heterocycles. The first-order chi connectivity index (χ1) is 17.1. The van der Waals surface area contributed by atoms with Crippen molar-refractivity contribution >= 4 is 16.9 Å². The van der Waals surface area contributed by atoms with E-state index in [1.807, 2.05) is 6.92 Å². The van der Waals surface area contributed by atoms with E-state index >= 15 is 0 Å². The number of nitrogens with zero attached hydrogens (tertiary/aromatic N) is 2. The van der Waals surface area contributed by atoms with Crippen LogP contribution in [0.4, 0.5) is 13.2 Å². The van der Waals surface area contributed by atoms with Crippen LogP contribution in [0.3, 0.4) is 0 Å². The van der Waals surface area contributed by atoms with Crippen molar-refractivity contribution in [3.8, 4) is 17.1 Å². The molecule has 11 heteroatoms. The Morgan fingerprint density at radius 2 is 2.03 bits per heavy atom. The second-order valence-electron chi connectivity index (χ2n) is 8.73. The van der Waals surface area contributed by atoms with Crippen molar-refractivity contribution in [2.24, 2.45) is 0 Å². The number of pyridine rings is 2. The van der Waals surface area contributed by atoms with Crippen LogP contribution in [0.1, 0.15) is 48.8 Å². The number of cyclic esters (lactones) is 1. The number of hydrogen-bond acceptors (Lipinski definition) is 7. The Hall–Kier alpha value is -3.44. The predicted molar refractivity (Wildman–Crippen MR) is 121 cm³/mol. The number of alkyl halides is 3. The van der Waals surface area contributed by atoms with Crippen LogP contribution in [-0.2, 0) is 32.9 Å². The van der Waals surface area contributed by atoms with Gasteiger partial charge in [-0.25, -0.2) is 9.78 Å². The molecule has 190 valence electrons. The number of hydrogen-bond donors (Lipinski definition) is 1. The number of methoxy groups -OCH3 is 1. The summed E-state index contributed by atoms with van der Waals surface area (Å²) in [5, 5.41) is 11.7. The van der Waals surface area contributed by atoms with Gasteiger partial charge >= 0.3 is 12.1 Å². The molecule has 2 aliphatic heterocycles. The molecule has 2 atom stereocenters. The normalized spacial score (nSPS) is 20.6. The summed E-state index contributed by atoms with van der Waals surface area (Å²) in [7, 11) is 1.48. The minimum absolute atomic E-state index is 0.0173. The lowest BCUT2D eigenvalue weighted by molar-refractivity contribution is -0.189. The molecule has 0 fully saturated rings.